The minimum absolute atomic E-state index is 0.0156. The molecule has 1 amide bonds. The molecule has 14 heavy (non-hydrogen) atoms. The number of carbonyl (C=O) groups excluding carboxylic acids is 1. The van der Waals surface area contributed by atoms with Gasteiger partial charge in [0, 0.05) is 5.70 Å². The summed E-state index contributed by atoms with van der Waals surface area (Å²) in [4.78, 5) is 11.8. The Labute approximate surface area is 90.0 Å². The molecule has 1 N–H and O–H groups in total. The third kappa shape index (κ3) is 2.38. The molecule has 0 saturated heterocycles. The molecule has 0 saturated carbocycles. The topological polar surface area (TPSA) is 29.1 Å². The predicted molar refractivity (Wildman–Crippen MR) is 58.8 cm³/mol. The molecule has 1 aliphatic rings. The van der Waals surface area contributed by atoms with Crippen molar-refractivity contribution < 1.29 is 4.79 Å². The molecule has 78 valence electrons. The molecule has 0 fully saturated rings. The zero-order valence-electron chi connectivity index (χ0n) is 9.02. The van der Waals surface area contributed by atoms with Crippen molar-refractivity contribution in [2.75, 3.05) is 0 Å². The normalized spacial score (nSPS) is 23.5. The van der Waals surface area contributed by atoms with E-state index in [9.17, 15) is 4.79 Å². The first-order valence-corrected chi connectivity index (χ1v) is 5.05. The van der Waals surface area contributed by atoms with Gasteiger partial charge in [-0.2, -0.15) is 0 Å². The van der Waals surface area contributed by atoms with Gasteiger partial charge in [-0.25, -0.2) is 0 Å². The number of halogens is 1. The van der Waals surface area contributed by atoms with E-state index >= 15 is 0 Å². The van der Waals surface area contributed by atoms with E-state index in [0.717, 1.165) is 5.70 Å². The van der Waals surface area contributed by atoms with E-state index in [4.69, 9.17) is 11.6 Å². The molecule has 0 aliphatic carbocycles. The lowest BCUT2D eigenvalue weighted by Crippen LogP contribution is -2.35. The van der Waals surface area contributed by atoms with Crippen molar-refractivity contribution in [2.24, 2.45) is 11.3 Å². The zero-order chi connectivity index (χ0) is 10.9. The summed E-state index contributed by atoms with van der Waals surface area (Å²) in [5, 5.41) is 3.40. The summed E-state index contributed by atoms with van der Waals surface area (Å²) in [7, 11) is 0. The average molecular weight is 214 g/mol. The van der Waals surface area contributed by atoms with Crippen LogP contribution in [0.2, 0.25) is 0 Å². The summed E-state index contributed by atoms with van der Waals surface area (Å²) in [6.45, 7) is 7.91. The van der Waals surface area contributed by atoms with Crippen LogP contribution in [0.3, 0.4) is 0 Å². The molecule has 0 radical (unpaired) electrons. The van der Waals surface area contributed by atoms with Crippen LogP contribution in [0.5, 0.6) is 0 Å². The summed E-state index contributed by atoms with van der Waals surface area (Å²) in [6, 6.07) is 0. The van der Waals surface area contributed by atoms with Gasteiger partial charge in [0.05, 0.1) is 11.0 Å². The number of rotatable bonds is 0. The van der Waals surface area contributed by atoms with Crippen molar-refractivity contribution in [1.82, 2.24) is 5.32 Å². The second-order valence-electron chi connectivity index (χ2n) is 4.67. The van der Waals surface area contributed by atoms with Crippen LogP contribution >= 0.6 is 11.6 Å². The third-order valence-electron chi connectivity index (χ3n) is 2.32. The monoisotopic (exact) mass is 213 g/mol. The van der Waals surface area contributed by atoms with Crippen LogP contribution in [0.1, 0.15) is 27.7 Å². The Kier molecular flexibility index (Phi) is 3.05. The largest absolute Gasteiger partial charge is 0.328 e. The van der Waals surface area contributed by atoms with E-state index < -0.39 is 0 Å². The highest BCUT2D eigenvalue weighted by Crippen LogP contribution is 2.30. The lowest BCUT2D eigenvalue weighted by atomic mass is 9.80. The Morgan fingerprint density at radius 1 is 1.43 bits per heavy atom. The first-order valence-electron chi connectivity index (χ1n) is 4.68. The van der Waals surface area contributed by atoms with Gasteiger partial charge in [-0.05, 0) is 18.4 Å². The summed E-state index contributed by atoms with van der Waals surface area (Å²) in [6.07, 6.45) is 3.67. The zero-order valence-corrected chi connectivity index (χ0v) is 9.77. The molecule has 3 heteroatoms. The van der Waals surface area contributed by atoms with Crippen LogP contribution in [-0.4, -0.2) is 5.91 Å². The van der Waals surface area contributed by atoms with Gasteiger partial charge in [0.2, 0.25) is 5.91 Å². The third-order valence-corrected chi connectivity index (χ3v) is 2.73. The lowest BCUT2D eigenvalue weighted by molar-refractivity contribution is -0.125. The molecular weight excluding hydrogens is 198 g/mol. The van der Waals surface area contributed by atoms with Gasteiger partial charge in [-0.15, -0.1) is 0 Å². The van der Waals surface area contributed by atoms with Crippen molar-refractivity contribution in [2.45, 2.75) is 27.7 Å². The van der Waals surface area contributed by atoms with Crippen molar-refractivity contribution in [3.05, 3.63) is 22.9 Å². The summed E-state index contributed by atoms with van der Waals surface area (Å²) in [5.74, 6) is -0.115. The van der Waals surface area contributed by atoms with Gasteiger partial charge in [0.1, 0.15) is 0 Å². The molecule has 1 atom stereocenters. The highest BCUT2D eigenvalue weighted by Gasteiger charge is 2.30. The molecule has 0 aromatic carbocycles. The second-order valence-corrected chi connectivity index (χ2v) is 5.07. The quantitative estimate of drug-likeness (QED) is 0.659. The molecule has 1 aliphatic heterocycles. The Morgan fingerprint density at radius 3 is 2.50 bits per heavy atom. The van der Waals surface area contributed by atoms with Crippen LogP contribution < -0.4 is 5.32 Å². The van der Waals surface area contributed by atoms with Crippen molar-refractivity contribution in [1.29, 1.82) is 0 Å². The van der Waals surface area contributed by atoms with Gasteiger partial charge in [-0.3, -0.25) is 4.79 Å². The predicted octanol–water partition coefficient (Wildman–Crippen LogP) is 2.81. The summed E-state index contributed by atoms with van der Waals surface area (Å²) >= 11 is 5.93. The van der Waals surface area contributed by atoms with Gasteiger partial charge in [0.15, 0.2) is 0 Å². The van der Waals surface area contributed by atoms with Gasteiger partial charge in [-0.1, -0.05) is 38.4 Å². The smallest absolute Gasteiger partial charge is 0.231 e. The highest BCUT2D eigenvalue weighted by molar-refractivity contribution is 6.31. The number of amides is 1. The minimum atomic E-state index is -0.131. The molecule has 1 heterocycles. The SMILES string of the molecule is CC1=C(Cl)C=C[C@@H](C(C)(C)C)C(=O)N1. The van der Waals surface area contributed by atoms with Crippen molar-refractivity contribution in [3.63, 3.8) is 0 Å². The maximum absolute atomic E-state index is 11.8. The number of carbonyl (C=O) groups is 1. The van der Waals surface area contributed by atoms with Gasteiger partial charge in [0.25, 0.3) is 0 Å². The second kappa shape index (κ2) is 3.77. The number of hydrogen-bond acceptors (Lipinski definition) is 1. The fraction of sp³-hybridized carbons (Fsp3) is 0.545. The number of nitrogens with one attached hydrogen (secondary N) is 1. The van der Waals surface area contributed by atoms with Gasteiger partial charge >= 0.3 is 0 Å². The minimum Gasteiger partial charge on any atom is -0.328 e. The number of allylic oxidation sites excluding steroid dienone is 3. The van der Waals surface area contributed by atoms with E-state index in [1.807, 2.05) is 26.8 Å². The van der Waals surface area contributed by atoms with Crippen LogP contribution in [-0.2, 0) is 4.79 Å². The number of hydrogen-bond donors (Lipinski definition) is 1. The molecule has 1 rings (SSSR count). The van der Waals surface area contributed by atoms with E-state index in [0.29, 0.717) is 5.03 Å². The maximum Gasteiger partial charge on any atom is 0.231 e. The molecule has 0 spiro atoms. The fourth-order valence-electron chi connectivity index (χ4n) is 1.40. The van der Waals surface area contributed by atoms with Crippen LogP contribution in [0, 0.1) is 11.3 Å². The first-order chi connectivity index (χ1) is 6.32. The Morgan fingerprint density at radius 2 is 2.00 bits per heavy atom. The van der Waals surface area contributed by atoms with E-state index in [-0.39, 0.29) is 17.2 Å². The van der Waals surface area contributed by atoms with Crippen molar-refractivity contribution >= 4 is 17.5 Å². The fourth-order valence-corrected chi connectivity index (χ4v) is 1.52. The maximum atomic E-state index is 11.8. The Hall–Kier alpha value is -0.760. The first kappa shape index (κ1) is 11.3. The van der Waals surface area contributed by atoms with Crippen LogP contribution in [0.25, 0.3) is 0 Å². The average Bonchev–Trinajstić information content (AvgIpc) is 2.11. The molecule has 2 nitrogen and oxygen atoms in total. The molecule has 0 bridgehead atoms. The van der Waals surface area contributed by atoms with Gasteiger partial charge < -0.3 is 5.32 Å². The van der Waals surface area contributed by atoms with E-state index in [2.05, 4.69) is 5.32 Å². The standard InChI is InChI=1S/C11H16ClNO/c1-7-9(12)6-5-8(10(14)13-7)11(2,3)4/h5-6,8H,1-4H3,(H,13,14)/t8-/m1/s1. The molecular formula is C11H16ClNO. The Bertz CT molecular complexity index is 310. The molecule has 0 unspecified atom stereocenters. The highest BCUT2D eigenvalue weighted by atomic mass is 35.5. The van der Waals surface area contributed by atoms with Crippen LogP contribution in [0.15, 0.2) is 22.9 Å². The summed E-state index contributed by atoms with van der Waals surface area (Å²) < 4.78 is 0. The summed E-state index contributed by atoms with van der Waals surface area (Å²) in [5.41, 5.74) is 0.641. The molecule has 0 aromatic rings. The van der Waals surface area contributed by atoms with E-state index in [1.165, 1.54) is 0 Å². The Balaban J connectivity index is 2.98. The molecule has 0 aromatic heterocycles. The van der Waals surface area contributed by atoms with Crippen LogP contribution in [0.4, 0.5) is 0 Å². The van der Waals surface area contributed by atoms with E-state index in [1.54, 1.807) is 13.0 Å². The van der Waals surface area contributed by atoms with Crippen molar-refractivity contribution in [3.8, 4) is 0 Å². The lowest BCUT2D eigenvalue weighted by Gasteiger charge is -2.26.